The average molecular weight is 555 g/mol. The van der Waals surface area contributed by atoms with Gasteiger partial charge in [-0.3, -0.25) is 9.59 Å². The summed E-state index contributed by atoms with van der Waals surface area (Å²) in [5.74, 6) is -0.283. The van der Waals surface area contributed by atoms with Crippen LogP contribution in [0.15, 0.2) is 42.5 Å². The van der Waals surface area contributed by atoms with Gasteiger partial charge in [0, 0.05) is 25.3 Å². The molecule has 2 aromatic rings. The lowest BCUT2D eigenvalue weighted by molar-refractivity contribution is -0.167. The van der Waals surface area contributed by atoms with Crippen LogP contribution in [0.25, 0.3) is 0 Å². The number of nitrogens with one attached hydrogen (secondary N) is 2. The Hall–Kier alpha value is -3.59. The maximum atomic E-state index is 13.1. The number of carbonyl (C=O) groups excluding carboxylic acids is 3. The Kier molecular flexibility index (Phi) is 13.5. The maximum absolute atomic E-state index is 13.1. The zero-order valence-corrected chi connectivity index (χ0v) is 24.8. The van der Waals surface area contributed by atoms with E-state index in [9.17, 15) is 14.4 Å². The molecule has 0 bridgehead atoms. The molecule has 9 nitrogen and oxygen atoms in total. The summed E-state index contributed by atoms with van der Waals surface area (Å²) in [6.45, 7) is 14.1. The van der Waals surface area contributed by atoms with Crippen LogP contribution >= 0.6 is 0 Å². The topological polar surface area (TPSA) is 123 Å². The summed E-state index contributed by atoms with van der Waals surface area (Å²) in [5.41, 5.74) is 9.64. The second-order valence-electron chi connectivity index (χ2n) is 10.9. The van der Waals surface area contributed by atoms with Gasteiger partial charge < -0.3 is 30.7 Å². The monoisotopic (exact) mass is 554 g/mol. The van der Waals surface area contributed by atoms with Crippen molar-refractivity contribution in [1.29, 1.82) is 0 Å². The second-order valence-corrected chi connectivity index (χ2v) is 10.9. The van der Waals surface area contributed by atoms with Crippen LogP contribution < -0.4 is 21.3 Å². The van der Waals surface area contributed by atoms with Crippen molar-refractivity contribution in [2.24, 2.45) is 17.6 Å². The van der Waals surface area contributed by atoms with Crippen molar-refractivity contribution in [3.8, 4) is 0 Å². The summed E-state index contributed by atoms with van der Waals surface area (Å²) in [4.78, 5) is 39.3. The van der Waals surface area contributed by atoms with E-state index >= 15 is 0 Å². The number of urea groups is 1. The van der Waals surface area contributed by atoms with Crippen LogP contribution in [0.3, 0.4) is 0 Å². The molecule has 9 heteroatoms. The minimum absolute atomic E-state index is 0.0688. The van der Waals surface area contributed by atoms with Crippen LogP contribution in [-0.4, -0.2) is 44.4 Å². The third-order valence-electron chi connectivity index (χ3n) is 6.26. The van der Waals surface area contributed by atoms with Crippen LogP contribution in [0.1, 0.15) is 70.9 Å². The quantitative estimate of drug-likeness (QED) is 0.181. The van der Waals surface area contributed by atoms with Gasteiger partial charge in [0.2, 0.25) is 6.79 Å². The molecule has 0 saturated carbocycles. The van der Waals surface area contributed by atoms with Gasteiger partial charge in [-0.15, -0.1) is 0 Å². The van der Waals surface area contributed by atoms with Gasteiger partial charge in [-0.25, -0.2) is 4.79 Å². The highest BCUT2D eigenvalue weighted by Gasteiger charge is 2.21. The van der Waals surface area contributed by atoms with E-state index in [0.717, 1.165) is 29.9 Å². The van der Waals surface area contributed by atoms with Gasteiger partial charge >= 0.3 is 18.0 Å². The Labute approximate surface area is 238 Å². The SMILES string of the molecule is CC[C@@H](CC(=O)OCOC(=O)CCN)c1ccc(N(CC(C)C)CC(C)C)c(NC(=O)Nc2ccc(C)cc2)c1. The minimum Gasteiger partial charge on any atom is -0.428 e. The fourth-order valence-corrected chi connectivity index (χ4v) is 4.37. The van der Waals surface area contributed by atoms with E-state index in [4.69, 9.17) is 15.2 Å². The van der Waals surface area contributed by atoms with Gasteiger partial charge in [-0.2, -0.15) is 0 Å². The molecule has 0 fully saturated rings. The molecule has 2 aromatic carbocycles. The van der Waals surface area contributed by atoms with Crippen molar-refractivity contribution in [2.45, 2.75) is 66.7 Å². The van der Waals surface area contributed by atoms with Gasteiger partial charge in [0.05, 0.1) is 24.2 Å². The molecule has 0 radical (unpaired) electrons. The van der Waals surface area contributed by atoms with E-state index in [0.29, 0.717) is 29.6 Å². The van der Waals surface area contributed by atoms with Crippen LogP contribution in [-0.2, 0) is 19.1 Å². The van der Waals surface area contributed by atoms with Crippen LogP contribution in [0.4, 0.5) is 21.9 Å². The summed E-state index contributed by atoms with van der Waals surface area (Å²) in [7, 11) is 0. The summed E-state index contributed by atoms with van der Waals surface area (Å²) >= 11 is 0. The largest absolute Gasteiger partial charge is 0.428 e. The van der Waals surface area contributed by atoms with Crippen LogP contribution in [0.5, 0.6) is 0 Å². The molecule has 2 amide bonds. The number of amides is 2. The standard InChI is InChI=1S/C31H46N4O5/c1-7-24(17-30(37)40-20-39-29(36)14-15-32)25-10-13-28(35(18-21(2)3)19-22(4)5)27(16-25)34-31(38)33-26-11-8-23(6)9-12-26/h8-13,16,21-22,24H,7,14-15,17-20,32H2,1-6H3,(H2,33,34,38)/t24-/m0/s1. The normalized spacial score (nSPS) is 11.7. The number of esters is 2. The minimum atomic E-state index is -0.509. The first-order chi connectivity index (χ1) is 19.0. The van der Waals surface area contributed by atoms with Crippen molar-refractivity contribution in [2.75, 3.05) is 42.0 Å². The Balaban J connectivity index is 2.29. The van der Waals surface area contributed by atoms with E-state index in [1.165, 1.54) is 0 Å². The maximum Gasteiger partial charge on any atom is 0.323 e. The molecule has 2 rings (SSSR count). The zero-order valence-electron chi connectivity index (χ0n) is 24.8. The lowest BCUT2D eigenvalue weighted by atomic mass is 9.92. The van der Waals surface area contributed by atoms with Crippen LogP contribution in [0.2, 0.25) is 0 Å². The molecule has 4 N–H and O–H groups in total. The predicted octanol–water partition coefficient (Wildman–Crippen LogP) is 6.03. The molecule has 220 valence electrons. The first-order valence-electron chi connectivity index (χ1n) is 14.1. The zero-order chi connectivity index (χ0) is 29.7. The molecule has 0 unspecified atom stereocenters. The lowest BCUT2D eigenvalue weighted by Gasteiger charge is -2.31. The van der Waals surface area contributed by atoms with Crippen molar-refractivity contribution >= 4 is 35.0 Å². The van der Waals surface area contributed by atoms with Crippen molar-refractivity contribution < 1.29 is 23.9 Å². The van der Waals surface area contributed by atoms with E-state index < -0.39 is 18.7 Å². The highest BCUT2D eigenvalue weighted by molar-refractivity contribution is 6.02. The summed E-state index contributed by atoms with van der Waals surface area (Å²) in [6.07, 6.45) is 0.860. The molecular weight excluding hydrogens is 508 g/mol. The van der Waals surface area contributed by atoms with E-state index in [1.807, 2.05) is 56.3 Å². The number of hydrogen-bond donors (Lipinski definition) is 3. The number of benzene rings is 2. The van der Waals surface area contributed by atoms with E-state index in [1.54, 1.807) is 0 Å². The van der Waals surface area contributed by atoms with E-state index in [2.05, 4.69) is 43.2 Å². The molecule has 1 atom stereocenters. The lowest BCUT2D eigenvalue weighted by Crippen LogP contribution is -2.32. The summed E-state index contributed by atoms with van der Waals surface area (Å²) in [6, 6.07) is 13.2. The highest BCUT2D eigenvalue weighted by atomic mass is 16.7. The van der Waals surface area contributed by atoms with Crippen molar-refractivity contribution in [1.82, 2.24) is 0 Å². The van der Waals surface area contributed by atoms with Crippen molar-refractivity contribution in [3.63, 3.8) is 0 Å². The molecule has 0 spiro atoms. The number of rotatable bonds is 15. The number of carbonyl (C=O) groups is 3. The Morgan fingerprint density at radius 3 is 2.10 bits per heavy atom. The Morgan fingerprint density at radius 2 is 1.52 bits per heavy atom. The van der Waals surface area contributed by atoms with Gasteiger partial charge in [-0.05, 0) is 60.9 Å². The van der Waals surface area contributed by atoms with Gasteiger partial charge in [0.25, 0.3) is 0 Å². The number of ether oxygens (including phenoxy) is 2. The summed E-state index contributed by atoms with van der Waals surface area (Å²) in [5, 5.41) is 5.97. The first kappa shape index (κ1) is 32.6. The fourth-order valence-electron chi connectivity index (χ4n) is 4.37. The molecule has 0 aromatic heterocycles. The Bertz CT molecular complexity index is 1090. The number of anilines is 3. The molecule has 0 aliphatic rings. The smallest absolute Gasteiger partial charge is 0.323 e. The molecule has 40 heavy (non-hydrogen) atoms. The molecule has 0 aliphatic heterocycles. The average Bonchev–Trinajstić information content (AvgIpc) is 2.88. The van der Waals surface area contributed by atoms with E-state index in [-0.39, 0.29) is 31.3 Å². The van der Waals surface area contributed by atoms with Gasteiger partial charge in [0.15, 0.2) is 0 Å². The van der Waals surface area contributed by atoms with Crippen LogP contribution in [0, 0.1) is 18.8 Å². The number of aryl methyl sites for hydroxylation is 1. The highest BCUT2D eigenvalue weighted by Crippen LogP contribution is 2.34. The third-order valence-corrected chi connectivity index (χ3v) is 6.26. The number of nitrogens with two attached hydrogens (primary N) is 1. The molecule has 0 heterocycles. The Morgan fingerprint density at radius 1 is 0.900 bits per heavy atom. The van der Waals surface area contributed by atoms with Gasteiger partial charge in [0.1, 0.15) is 0 Å². The summed E-state index contributed by atoms with van der Waals surface area (Å²) < 4.78 is 10.00. The first-order valence-corrected chi connectivity index (χ1v) is 14.1. The third kappa shape index (κ3) is 11.3. The predicted molar refractivity (Wildman–Crippen MR) is 161 cm³/mol. The molecule has 0 saturated heterocycles. The molecular formula is C31H46N4O5. The number of nitrogens with zero attached hydrogens (tertiary/aromatic N) is 1. The fraction of sp³-hybridized carbons (Fsp3) is 0.516. The van der Waals surface area contributed by atoms with Gasteiger partial charge in [-0.1, -0.05) is 58.4 Å². The number of hydrogen-bond acceptors (Lipinski definition) is 7. The second kappa shape index (κ2) is 16.5. The molecule has 0 aliphatic carbocycles. The van der Waals surface area contributed by atoms with Crippen molar-refractivity contribution in [3.05, 3.63) is 53.6 Å².